The van der Waals surface area contributed by atoms with Crippen molar-refractivity contribution in [3.05, 3.63) is 46.3 Å². The van der Waals surface area contributed by atoms with Gasteiger partial charge in [0.05, 0.1) is 5.69 Å². The smallest absolute Gasteiger partial charge is 0.291 e. The molecule has 5 heteroatoms. The Morgan fingerprint density at radius 1 is 1.39 bits per heavy atom. The quantitative estimate of drug-likeness (QED) is 0.854. The van der Waals surface area contributed by atoms with Crippen molar-refractivity contribution in [3.63, 3.8) is 0 Å². The van der Waals surface area contributed by atoms with E-state index in [0.717, 1.165) is 16.1 Å². The molecular formula is C13H12BrNO2S. The molecule has 0 saturated carbocycles. The van der Waals surface area contributed by atoms with Crippen LogP contribution in [0.1, 0.15) is 16.1 Å². The molecule has 1 amide bonds. The zero-order chi connectivity index (χ0) is 13.1. The molecule has 1 aromatic heterocycles. The van der Waals surface area contributed by atoms with Crippen LogP contribution in [0.4, 0.5) is 5.69 Å². The summed E-state index contributed by atoms with van der Waals surface area (Å²) in [5.41, 5.74) is 1.60. The molecule has 0 atom stereocenters. The summed E-state index contributed by atoms with van der Waals surface area (Å²) < 4.78 is 5.88. The predicted molar refractivity (Wildman–Crippen MR) is 77.3 cm³/mol. The van der Waals surface area contributed by atoms with Crippen molar-refractivity contribution in [2.24, 2.45) is 0 Å². The van der Waals surface area contributed by atoms with E-state index >= 15 is 0 Å². The second-order valence-corrected chi connectivity index (χ2v) is 5.35. The van der Waals surface area contributed by atoms with Crippen LogP contribution in [0.25, 0.3) is 0 Å². The summed E-state index contributed by atoms with van der Waals surface area (Å²) in [6.07, 6.45) is 1.97. The molecule has 0 saturated heterocycles. The second kappa shape index (κ2) is 5.63. The lowest BCUT2D eigenvalue weighted by Gasteiger charge is -2.08. The van der Waals surface area contributed by atoms with Gasteiger partial charge in [-0.3, -0.25) is 4.79 Å². The van der Waals surface area contributed by atoms with Crippen LogP contribution in [0.3, 0.4) is 0 Å². The fourth-order valence-corrected chi connectivity index (χ4v) is 2.65. The molecule has 1 aromatic carbocycles. The normalized spacial score (nSPS) is 10.4. The molecule has 3 nitrogen and oxygen atoms in total. The highest BCUT2D eigenvalue weighted by atomic mass is 79.9. The first kappa shape index (κ1) is 13.2. The topological polar surface area (TPSA) is 42.2 Å². The number of aryl methyl sites for hydroxylation is 1. The number of anilines is 1. The molecule has 1 N–H and O–H groups in total. The van der Waals surface area contributed by atoms with Crippen LogP contribution in [0.2, 0.25) is 0 Å². The minimum absolute atomic E-state index is 0.236. The third-order valence-electron chi connectivity index (χ3n) is 2.45. The Morgan fingerprint density at radius 2 is 2.11 bits per heavy atom. The van der Waals surface area contributed by atoms with Gasteiger partial charge >= 0.3 is 0 Å². The van der Waals surface area contributed by atoms with E-state index in [0.29, 0.717) is 10.4 Å². The Balaban J connectivity index is 2.24. The van der Waals surface area contributed by atoms with Gasteiger partial charge in [-0.15, -0.1) is 11.8 Å². The summed E-state index contributed by atoms with van der Waals surface area (Å²) in [7, 11) is 0. The lowest BCUT2D eigenvalue weighted by molar-refractivity contribution is 0.0994. The van der Waals surface area contributed by atoms with Crippen molar-refractivity contribution >= 4 is 39.3 Å². The van der Waals surface area contributed by atoms with Gasteiger partial charge in [0, 0.05) is 10.5 Å². The van der Waals surface area contributed by atoms with E-state index in [1.165, 1.54) is 0 Å². The maximum absolute atomic E-state index is 12.1. The van der Waals surface area contributed by atoms with E-state index < -0.39 is 0 Å². The van der Waals surface area contributed by atoms with Gasteiger partial charge in [-0.05, 0) is 47.3 Å². The molecule has 0 spiro atoms. The van der Waals surface area contributed by atoms with Gasteiger partial charge < -0.3 is 9.73 Å². The number of para-hydroxylation sites is 1. The van der Waals surface area contributed by atoms with Crippen LogP contribution in [0.5, 0.6) is 0 Å². The molecule has 0 unspecified atom stereocenters. The van der Waals surface area contributed by atoms with Gasteiger partial charge in [-0.1, -0.05) is 12.1 Å². The number of rotatable bonds is 3. The Morgan fingerprint density at radius 3 is 2.72 bits per heavy atom. The van der Waals surface area contributed by atoms with Gasteiger partial charge in [0.1, 0.15) is 0 Å². The third kappa shape index (κ3) is 2.79. The maximum Gasteiger partial charge on any atom is 0.291 e. The second-order valence-electron chi connectivity index (χ2n) is 3.72. The lowest BCUT2D eigenvalue weighted by atomic mass is 10.2. The molecule has 0 bridgehead atoms. The summed E-state index contributed by atoms with van der Waals surface area (Å²) in [5, 5.41) is 2.86. The molecule has 94 valence electrons. The van der Waals surface area contributed by atoms with Crippen LogP contribution in [-0.4, -0.2) is 12.2 Å². The molecule has 2 rings (SSSR count). The van der Waals surface area contributed by atoms with E-state index in [4.69, 9.17) is 4.42 Å². The molecule has 0 fully saturated rings. The fourth-order valence-electron chi connectivity index (χ4n) is 1.60. The van der Waals surface area contributed by atoms with Gasteiger partial charge in [0.15, 0.2) is 10.4 Å². The van der Waals surface area contributed by atoms with Gasteiger partial charge in [-0.2, -0.15) is 0 Å². The Bertz CT molecular complexity index is 580. The summed E-state index contributed by atoms with van der Waals surface area (Å²) in [4.78, 5) is 13.1. The van der Waals surface area contributed by atoms with Crippen LogP contribution in [0.15, 0.2) is 44.3 Å². The number of amides is 1. The Hall–Kier alpha value is -1.20. The van der Waals surface area contributed by atoms with Crippen molar-refractivity contribution in [2.75, 3.05) is 11.6 Å². The monoisotopic (exact) mass is 325 g/mol. The minimum atomic E-state index is -0.236. The SMILES string of the molecule is CSc1ccccc1NC(=O)c1oc(Br)cc1C. The first-order chi connectivity index (χ1) is 8.61. The average Bonchev–Trinajstić information content (AvgIpc) is 2.69. The van der Waals surface area contributed by atoms with E-state index in [-0.39, 0.29) is 5.91 Å². The number of carbonyl (C=O) groups excluding carboxylic acids is 1. The number of hydrogen-bond donors (Lipinski definition) is 1. The third-order valence-corrected chi connectivity index (χ3v) is 3.64. The molecule has 18 heavy (non-hydrogen) atoms. The minimum Gasteiger partial charge on any atom is -0.444 e. The fraction of sp³-hybridized carbons (Fsp3) is 0.154. The van der Waals surface area contributed by atoms with E-state index in [2.05, 4.69) is 21.2 Å². The first-order valence-corrected chi connectivity index (χ1v) is 7.34. The molecule has 0 radical (unpaired) electrons. The van der Waals surface area contributed by atoms with Crippen LogP contribution >= 0.6 is 27.7 Å². The van der Waals surface area contributed by atoms with Crippen molar-refractivity contribution < 1.29 is 9.21 Å². The van der Waals surface area contributed by atoms with Crippen molar-refractivity contribution in [1.82, 2.24) is 0 Å². The average molecular weight is 326 g/mol. The highest BCUT2D eigenvalue weighted by Crippen LogP contribution is 2.26. The van der Waals surface area contributed by atoms with Crippen molar-refractivity contribution in [1.29, 1.82) is 0 Å². The lowest BCUT2D eigenvalue weighted by Crippen LogP contribution is -2.12. The molecule has 1 heterocycles. The van der Waals surface area contributed by atoms with Crippen LogP contribution in [-0.2, 0) is 0 Å². The van der Waals surface area contributed by atoms with E-state index in [1.54, 1.807) is 17.8 Å². The zero-order valence-electron chi connectivity index (χ0n) is 9.99. The maximum atomic E-state index is 12.1. The first-order valence-electron chi connectivity index (χ1n) is 5.32. The predicted octanol–water partition coefficient (Wildman–Crippen LogP) is 4.32. The van der Waals surface area contributed by atoms with Gasteiger partial charge in [0.2, 0.25) is 0 Å². The number of nitrogens with one attached hydrogen (secondary N) is 1. The number of furan rings is 1. The highest BCUT2D eigenvalue weighted by Gasteiger charge is 2.16. The standard InChI is InChI=1S/C13H12BrNO2S/c1-8-7-11(14)17-12(8)13(16)15-9-5-3-4-6-10(9)18-2/h3-7H,1-2H3,(H,15,16). The van der Waals surface area contributed by atoms with Crippen molar-refractivity contribution in [2.45, 2.75) is 11.8 Å². The van der Waals surface area contributed by atoms with Crippen LogP contribution < -0.4 is 5.32 Å². The van der Waals surface area contributed by atoms with Gasteiger partial charge in [0.25, 0.3) is 5.91 Å². The molecule has 0 aliphatic carbocycles. The van der Waals surface area contributed by atoms with Gasteiger partial charge in [-0.25, -0.2) is 0 Å². The number of benzene rings is 1. The number of halogens is 1. The summed E-state index contributed by atoms with van der Waals surface area (Å²) in [6.45, 7) is 1.84. The molecular weight excluding hydrogens is 314 g/mol. The van der Waals surface area contributed by atoms with E-state index in [1.807, 2.05) is 37.4 Å². The summed E-state index contributed by atoms with van der Waals surface area (Å²) in [5.74, 6) is 0.0949. The van der Waals surface area contributed by atoms with Crippen LogP contribution in [0, 0.1) is 6.92 Å². The number of hydrogen-bond acceptors (Lipinski definition) is 3. The molecule has 0 aliphatic heterocycles. The molecule has 2 aromatic rings. The number of carbonyl (C=O) groups is 1. The Kier molecular flexibility index (Phi) is 4.14. The highest BCUT2D eigenvalue weighted by molar-refractivity contribution is 9.10. The largest absolute Gasteiger partial charge is 0.444 e. The summed E-state index contributed by atoms with van der Waals surface area (Å²) >= 11 is 4.80. The van der Waals surface area contributed by atoms with E-state index in [9.17, 15) is 4.79 Å². The Labute approximate surface area is 118 Å². The number of thioether (sulfide) groups is 1. The zero-order valence-corrected chi connectivity index (χ0v) is 12.4. The molecule has 0 aliphatic rings. The summed E-state index contributed by atoms with van der Waals surface area (Å²) in [6, 6.07) is 9.44. The van der Waals surface area contributed by atoms with Crippen molar-refractivity contribution in [3.8, 4) is 0 Å².